The Morgan fingerprint density at radius 1 is 1.12 bits per heavy atom. The van der Waals surface area contributed by atoms with E-state index in [-0.39, 0.29) is 12.3 Å². The van der Waals surface area contributed by atoms with Crippen LogP contribution in [0.5, 0.6) is 0 Å². The molecule has 3 aromatic rings. The van der Waals surface area contributed by atoms with Crippen LogP contribution in [0.4, 0.5) is 23.0 Å². The van der Waals surface area contributed by atoms with Gasteiger partial charge in [-0.05, 0) is 48.5 Å². The molecule has 1 saturated heterocycles. The van der Waals surface area contributed by atoms with Crippen molar-refractivity contribution in [2.75, 3.05) is 41.8 Å². The molecule has 0 atom stereocenters. The number of nitriles is 1. The van der Waals surface area contributed by atoms with Gasteiger partial charge in [0.15, 0.2) is 0 Å². The summed E-state index contributed by atoms with van der Waals surface area (Å²) in [6.07, 6.45) is 1.56. The predicted octanol–water partition coefficient (Wildman–Crippen LogP) is 4.06. The summed E-state index contributed by atoms with van der Waals surface area (Å²) >= 11 is 1.50. The molecular formula is C23H22N6O2S. The van der Waals surface area contributed by atoms with E-state index in [1.165, 1.54) is 11.8 Å². The third-order valence-corrected chi connectivity index (χ3v) is 5.65. The first-order valence-electron chi connectivity index (χ1n) is 10.2. The van der Waals surface area contributed by atoms with E-state index in [4.69, 9.17) is 10.00 Å². The molecule has 1 aliphatic rings. The maximum absolute atomic E-state index is 11.5. The number of carbonyl (C=O) groups excluding carboxylic acids is 1. The van der Waals surface area contributed by atoms with Gasteiger partial charge >= 0.3 is 0 Å². The van der Waals surface area contributed by atoms with Crippen molar-refractivity contribution in [3.05, 3.63) is 60.8 Å². The van der Waals surface area contributed by atoms with Crippen LogP contribution in [0.15, 0.2) is 70.7 Å². The highest BCUT2D eigenvalue weighted by molar-refractivity contribution is 7.99. The molecule has 0 bridgehead atoms. The van der Waals surface area contributed by atoms with Gasteiger partial charge in [-0.1, -0.05) is 17.8 Å². The minimum absolute atomic E-state index is 0.164. The molecule has 2 aromatic carbocycles. The van der Waals surface area contributed by atoms with Crippen molar-refractivity contribution < 1.29 is 9.53 Å². The van der Waals surface area contributed by atoms with Crippen molar-refractivity contribution >= 4 is 40.7 Å². The third kappa shape index (κ3) is 5.97. The molecule has 4 rings (SSSR count). The fourth-order valence-corrected chi connectivity index (χ4v) is 3.97. The van der Waals surface area contributed by atoms with Gasteiger partial charge in [0.25, 0.3) is 0 Å². The van der Waals surface area contributed by atoms with Crippen molar-refractivity contribution in [1.29, 1.82) is 5.26 Å². The van der Waals surface area contributed by atoms with Gasteiger partial charge in [-0.15, -0.1) is 0 Å². The van der Waals surface area contributed by atoms with Gasteiger partial charge in [-0.2, -0.15) is 5.26 Å². The van der Waals surface area contributed by atoms with Crippen LogP contribution in [-0.2, 0) is 9.53 Å². The highest BCUT2D eigenvalue weighted by Crippen LogP contribution is 2.28. The first kappa shape index (κ1) is 21.6. The molecule has 1 aliphatic heterocycles. The summed E-state index contributed by atoms with van der Waals surface area (Å²) in [7, 11) is 0. The van der Waals surface area contributed by atoms with E-state index in [1.807, 2.05) is 36.4 Å². The number of hydrogen-bond donors (Lipinski definition) is 2. The highest BCUT2D eigenvalue weighted by Gasteiger charge is 2.12. The number of anilines is 4. The van der Waals surface area contributed by atoms with Crippen LogP contribution in [0.2, 0.25) is 0 Å². The molecule has 162 valence electrons. The second-order valence-corrected chi connectivity index (χ2v) is 8.10. The number of morpholine rings is 1. The molecule has 0 radical (unpaired) electrons. The number of aromatic nitrogens is 2. The molecule has 1 aromatic heterocycles. The normalized spacial score (nSPS) is 13.3. The van der Waals surface area contributed by atoms with Gasteiger partial charge in [0.05, 0.1) is 19.3 Å². The second-order valence-electron chi connectivity index (χ2n) is 7.00. The molecule has 0 aliphatic carbocycles. The summed E-state index contributed by atoms with van der Waals surface area (Å²) in [4.78, 5) is 23.7. The number of rotatable bonds is 7. The van der Waals surface area contributed by atoms with Crippen LogP contribution in [0.25, 0.3) is 0 Å². The number of hydrogen-bond acceptors (Lipinski definition) is 8. The number of benzene rings is 2. The van der Waals surface area contributed by atoms with Crippen LogP contribution in [0, 0.1) is 11.3 Å². The zero-order chi connectivity index (χ0) is 22.2. The number of carbonyl (C=O) groups is 1. The maximum atomic E-state index is 11.5. The summed E-state index contributed by atoms with van der Waals surface area (Å²) < 4.78 is 5.43. The Bertz CT molecular complexity index is 1110. The number of ether oxygens (including phenoxy) is 1. The lowest BCUT2D eigenvalue weighted by Crippen LogP contribution is -2.36. The second kappa shape index (κ2) is 10.6. The molecule has 9 heteroatoms. The first-order chi connectivity index (χ1) is 15.7. The van der Waals surface area contributed by atoms with Crippen LogP contribution < -0.4 is 15.5 Å². The quantitative estimate of drug-likeness (QED) is 0.524. The highest BCUT2D eigenvalue weighted by atomic mass is 32.2. The summed E-state index contributed by atoms with van der Waals surface area (Å²) in [5.74, 6) is 0.201. The fraction of sp³-hybridized carbons (Fsp3) is 0.217. The Balaban J connectivity index is 1.40. The SMILES string of the molecule is N#CCC(=O)Nc1ccc(Sc2ccnc(Nc3cccc(N4CCOCC4)c3)n2)cc1. The Kier molecular flexibility index (Phi) is 7.17. The lowest BCUT2D eigenvalue weighted by Gasteiger charge is -2.29. The third-order valence-electron chi connectivity index (χ3n) is 4.71. The molecule has 0 saturated carbocycles. The van der Waals surface area contributed by atoms with Gasteiger partial charge < -0.3 is 20.3 Å². The smallest absolute Gasteiger partial charge is 0.238 e. The lowest BCUT2D eigenvalue weighted by molar-refractivity contribution is -0.115. The van der Waals surface area contributed by atoms with Crippen molar-refractivity contribution in [3.63, 3.8) is 0 Å². The van der Waals surface area contributed by atoms with E-state index >= 15 is 0 Å². The van der Waals surface area contributed by atoms with Gasteiger partial charge in [0.2, 0.25) is 11.9 Å². The number of nitrogens with one attached hydrogen (secondary N) is 2. The minimum Gasteiger partial charge on any atom is -0.378 e. The van der Waals surface area contributed by atoms with E-state index in [2.05, 4.69) is 37.6 Å². The van der Waals surface area contributed by atoms with Crippen molar-refractivity contribution in [2.45, 2.75) is 16.3 Å². The average Bonchev–Trinajstić information content (AvgIpc) is 2.82. The number of nitrogens with zero attached hydrogens (tertiary/aromatic N) is 4. The summed E-state index contributed by atoms with van der Waals surface area (Å²) in [5, 5.41) is 15.3. The van der Waals surface area contributed by atoms with Crippen LogP contribution in [-0.4, -0.2) is 42.2 Å². The summed E-state index contributed by atoms with van der Waals surface area (Å²) in [6.45, 7) is 3.25. The molecule has 2 heterocycles. The maximum Gasteiger partial charge on any atom is 0.238 e. The molecule has 1 amide bonds. The Morgan fingerprint density at radius 2 is 1.94 bits per heavy atom. The fourth-order valence-electron chi connectivity index (χ4n) is 3.19. The zero-order valence-corrected chi connectivity index (χ0v) is 18.1. The monoisotopic (exact) mass is 446 g/mol. The van der Waals surface area contributed by atoms with Gasteiger partial charge in [-0.25, -0.2) is 9.97 Å². The van der Waals surface area contributed by atoms with Crippen molar-refractivity contribution in [3.8, 4) is 6.07 Å². The standard InChI is InChI=1S/C23H22N6O2S/c24-10-8-21(30)26-17-4-6-20(7-5-17)32-22-9-11-25-23(28-22)27-18-2-1-3-19(16-18)29-12-14-31-15-13-29/h1-7,9,11,16H,8,12-15H2,(H,26,30)(H,25,27,28). The minimum atomic E-state index is -0.322. The Morgan fingerprint density at radius 3 is 2.72 bits per heavy atom. The average molecular weight is 447 g/mol. The van der Waals surface area contributed by atoms with Crippen molar-refractivity contribution in [2.24, 2.45) is 0 Å². The van der Waals surface area contributed by atoms with Gasteiger partial charge in [0, 0.05) is 41.2 Å². The molecule has 0 unspecified atom stereocenters. The Hall–Kier alpha value is -3.61. The first-order valence-corrected chi connectivity index (χ1v) is 11.0. The molecule has 8 nitrogen and oxygen atoms in total. The molecule has 2 N–H and O–H groups in total. The zero-order valence-electron chi connectivity index (χ0n) is 17.3. The predicted molar refractivity (Wildman–Crippen MR) is 124 cm³/mol. The Labute approximate surface area is 190 Å². The van der Waals surface area contributed by atoms with E-state index < -0.39 is 0 Å². The summed E-state index contributed by atoms with van der Waals surface area (Å²) in [6, 6.07) is 19.3. The van der Waals surface area contributed by atoms with E-state index in [1.54, 1.807) is 18.3 Å². The number of amides is 1. The topological polar surface area (TPSA) is 103 Å². The van der Waals surface area contributed by atoms with E-state index in [0.29, 0.717) is 11.6 Å². The molecule has 32 heavy (non-hydrogen) atoms. The molecular weight excluding hydrogens is 424 g/mol. The lowest BCUT2D eigenvalue weighted by atomic mass is 10.2. The molecule has 0 spiro atoms. The van der Waals surface area contributed by atoms with Crippen LogP contribution >= 0.6 is 11.8 Å². The van der Waals surface area contributed by atoms with Crippen LogP contribution in [0.3, 0.4) is 0 Å². The largest absolute Gasteiger partial charge is 0.378 e. The van der Waals surface area contributed by atoms with E-state index in [9.17, 15) is 4.79 Å². The van der Waals surface area contributed by atoms with E-state index in [0.717, 1.165) is 47.6 Å². The summed E-state index contributed by atoms with van der Waals surface area (Å²) in [5.41, 5.74) is 2.72. The van der Waals surface area contributed by atoms with Gasteiger partial charge in [-0.3, -0.25) is 4.79 Å². The van der Waals surface area contributed by atoms with Gasteiger partial charge in [0.1, 0.15) is 11.4 Å². The van der Waals surface area contributed by atoms with Crippen LogP contribution in [0.1, 0.15) is 6.42 Å². The molecule has 1 fully saturated rings. The van der Waals surface area contributed by atoms with Crippen molar-refractivity contribution in [1.82, 2.24) is 9.97 Å².